The summed E-state index contributed by atoms with van der Waals surface area (Å²) in [6.45, 7) is -0.146. The van der Waals surface area contributed by atoms with Crippen LogP contribution in [0.2, 0.25) is 0 Å². The van der Waals surface area contributed by atoms with Crippen LogP contribution >= 0.6 is 0 Å². The molecule has 18 heavy (non-hydrogen) atoms. The Morgan fingerprint density at radius 3 is 2.78 bits per heavy atom. The molecule has 1 aromatic carbocycles. The number of nitrogen functional groups attached to an aromatic ring is 1. The smallest absolute Gasteiger partial charge is 0.254 e. The van der Waals surface area contributed by atoms with Gasteiger partial charge in [0.2, 0.25) is 0 Å². The SMILES string of the molecule is COc1cc(C(=O)NC2(CO)CC2)c(F)cc1N. The maximum Gasteiger partial charge on any atom is 0.254 e. The van der Waals surface area contributed by atoms with Crippen LogP contribution in [-0.2, 0) is 0 Å². The lowest BCUT2D eigenvalue weighted by molar-refractivity contribution is 0.0902. The number of anilines is 1. The van der Waals surface area contributed by atoms with E-state index in [1.165, 1.54) is 13.2 Å². The molecule has 1 saturated carbocycles. The Bertz CT molecular complexity index is 486. The second kappa shape index (κ2) is 4.45. The van der Waals surface area contributed by atoms with Gasteiger partial charge in [-0.2, -0.15) is 0 Å². The molecule has 0 atom stereocenters. The number of aliphatic hydroxyl groups excluding tert-OH is 1. The first-order chi connectivity index (χ1) is 8.51. The Labute approximate surface area is 104 Å². The van der Waals surface area contributed by atoms with Gasteiger partial charge in [0.15, 0.2) is 0 Å². The molecule has 1 aliphatic rings. The highest BCUT2D eigenvalue weighted by molar-refractivity contribution is 5.96. The van der Waals surface area contributed by atoms with Crippen molar-refractivity contribution < 1.29 is 19.0 Å². The number of hydrogen-bond donors (Lipinski definition) is 3. The number of nitrogens with two attached hydrogens (primary N) is 1. The quantitative estimate of drug-likeness (QED) is 0.689. The number of carbonyl (C=O) groups is 1. The first kappa shape index (κ1) is 12.6. The summed E-state index contributed by atoms with van der Waals surface area (Å²) in [6.07, 6.45) is 1.39. The van der Waals surface area contributed by atoms with E-state index in [4.69, 9.17) is 15.6 Å². The largest absolute Gasteiger partial charge is 0.495 e. The van der Waals surface area contributed by atoms with E-state index in [0.717, 1.165) is 6.07 Å². The summed E-state index contributed by atoms with van der Waals surface area (Å²) in [5, 5.41) is 11.7. The van der Waals surface area contributed by atoms with Crippen LogP contribution in [0.4, 0.5) is 10.1 Å². The van der Waals surface area contributed by atoms with Gasteiger partial charge >= 0.3 is 0 Å². The minimum absolute atomic E-state index is 0.134. The molecule has 4 N–H and O–H groups in total. The number of hydrogen-bond acceptors (Lipinski definition) is 4. The van der Waals surface area contributed by atoms with Crippen molar-refractivity contribution in [3.63, 3.8) is 0 Å². The van der Waals surface area contributed by atoms with Crippen molar-refractivity contribution in [2.45, 2.75) is 18.4 Å². The van der Waals surface area contributed by atoms with Gasteiger partial charge in [-0.25, -0.2) is 4.39 Å². The predicted molar refractivity (Wildman–Crippen MR) is 63.9 cm³/mol. The zero-order valence-corrected chi connectivity index (χ0v) is 10.00. The average Bonchev–Trinajstić information content (AvgIpc) is 3.09. The van der Waals surface area contributed by atoms with Gasteiger partial charge in [0.25, 0.3) is 5.91 Å². The van der Waals surface area contributed by atoms with E-state index in [9.17, 15) is 9.18 Å². The number of benzene rings is 1. The summed E-state index contributed by atoms with van der Waals surface area (Å²) in [4.78, 5) is 11.9. The Morgan fingerprint density at radius 1 is 1.61 bits per heavy atom. The second-order valence-corrected chi connectivity index (χ2v) is 4.47. The van der Waals surface area contributed by atoms with Crippen molar-refractivity contribution >= 4 is 11.6 Å². The lowest BCUT2D eigenvalue weighted by Crippen LogP contribution is -2.39. The third kappa shape index (κ3) is 2.24. The molecule has 2 rings (SSSR count). The molecule has 5 nitrogen and oxygen atoms in total. The Kier molecular flexibility index (Phi) is 3.13. The van der Waals surface area contributed by atoms with Crippen LogP contribution in [0.5, 0.6) is 5.75 Å². The van der Waals surface area contributed by atoms with Gasteiger partial charge in [-0.1, -0.05) is 0 Å². The molecular formula is C12H15FN2O3. The third-order valence-corrected chi connectivity index (χ3v) is 3.10. The van der Waals surface area contributed by atoms with Gasteiger partial charge in [0, 0.05) is 6.07 Å². The third-order valence-electron chi connectivity index (χ3n) is 3.10. The molecule has 0 aromatic heterocycles. The van der Waals surface area contributed by atoms with E-state index in [1.54, 1.807) is 0 Å². The molecule has 0 saturated heterocycles. The Hall–Kier alpha value is -1.82. The Morgan fingerprint density at radius 2 is 2.28 bits per heavy atom. The van der Waals surface area contributed by atoms with Gasteiger partial charge in [-0.05, 0) is 18.9 Å². The maximum absolute atomic E-state index is 13.7. The van der Waals surface area contributed by atoms with E-state index in [-0.39, 0.29) is 23.6 Å². The highest BCUT2D eigenvalue weighted by Gasteiger charge is 2.43. The molecule has 0 radical (unpaired) electrons. The van der Waals surface area contributed by atoms with Crippen LogP contribution in [0.1, 0.15) is 23.2 Å². The van der Waals surface area contributed by atoms with Crippen LogP contribution in [-0.4, -0.2) is 30.3 Å². The molecule has 1 fully saturated rings. The highest BCUT2D eigenvalue weighted by Crippen LogP contribution is 2.35. The summed E-state index contributed by atoms with van der Waals surface area (Å²) in [5.74, 6) is -1.03. The van der Waals surface area contributed by atoms with Crippen molar-refractivity contribution in [1.82, 2.24) is 5.32 Å². The van der Waals surface area contributed by atoms with Crippen LogP contribution in [0.15, 0.2) is 12.1 Å². The van der Waals surface area contributed by atoms with E-state index < -0.39 is 17.3 Å². The summed E-state index contributed by atoms with van der Waals surface area (Å²) in [6, 6.07) is 2.31. The van der Waals surface area contributed by atoms with Crippen LogP contribution in [0, 0.1) is 5.82 Å². The van der Waals surface area contributed by atoms with Gasteiger partial charge < -0.3 is 20.9 Å². The molecule has 1 aromatic rings. The number of halogens is 1. The zero-order valence-electron chi connectivity index (χ0n) is 10.00. The molecular weight excluding hydrogens is 239 g/mol. The summed E-state index contributed by atoms with van der Waals surface area (Å²) < 4.78 is 18.6. The number of methoxy groups -OCH3 is 1. The molecule has 98 valence electrons. The van der Waals surface area contributed by atoms with Crippen molar-refractivity contribution in [2.75, 3.05) is 19.5 Å². The Balaban J connectivity index is 2.24. The van der Waals surface area contributed by atoms with Crippen molar-refractivity contribution in [3.05, 3.63) is 23.5 Å². The second-order valence-electron chi connectivity index (χ2n) is 4.47. The van der Waals surface area contributed by atoms with E-state index in [2.05, 4.69) is 5.32 Å². The van der Waals surface area contributed by atoms with Crippen molar-refractivity contribution in [3.8, 4) is 5.75 Å². The lowest BCUT2D eigenvalue weighted by atomic mass is 10.1. The van der Waals surface area contributed by atoms with Crippen molar-refractivity contribution in [1.29, 1.82) is 0 Å². The zero-order chi connectivity index (χ0) is 13.3. The number of rotatable bonds is 4. The number of carbonyl (C=O) groups excluding carboxylic acids is 1. The van der Waals surface area contributed by atoms with E-state index >= 15 is 0 Å². The van der Waals surface area contributed by atoms with Gasteiger partial charge in [-0.3, -0.25) is 4.79 Å². The first-order valence-electron chi connectivity index (χ1n) is 5.58. The van der Waals surface area contributed by atoms with Gasteiger partial charge in [0.05, 0.1) is 30.5 Å². The highest BCUT2D eigenvalue weighted by atomic mass is 19.1. The maximum atomic E-state index is 13.7. The van der Waals surface area contributed by atoms with Crippen LogP contribution in [0.3, 0.4) is 0 Å². The summed E-state index contributed by atoms with van der Waals surface area (Å²) in [5.41, 5.74) is 4.94. The van der Waals surface area contributed by atoms with Gasteiger partial charge in [-0.15, -0.1) is 0 Å². The number of nitrogens with one attached hydrogen (secondary N) is 1. The summed E-state index contributed by atoms with van der Waals surface area (Å²) in [7, 11) is 1.39. The molecule has 1 aliphatic carbocycles. The molecule has 0 unspecified atom stereocenters. The molecule has 6 heteroatoms. The van der Waals surface area contributed by atoms with Crippen LogP contribution < -0.4 is 15.8 Å². The number of aliphatic hydroxyl groups is 1. The standard InChI is InChI=1S/C12H15FN2O3/c1-18-10-4-7(8(13)5-9(10)14)11(17)15-12(6-16)2-3-12/h4-5,16H,2-3,6,14H2,1H3,(H,15,17). The fourth-order valence-corrected chi connectivity index (χ4v) is 1.70. The van der Waals surface area contributed by atoms with Gasteiger partial charge in [0.1, 0.15) is 11.6 Å². The minimum Gasteiger partial charge on any atom is -0.495 e. The molecule has 1 amide bonds. The normalized spacial score (nSPS) is 16.2. The van der Waals surface area contributed by atoms with Crippen molar-refractivity contribution in [2.24, 2.45) is 0 Å². The molecule has 0 heterocycles. The average molecular weight is 254 g/mol. The monoisotopic (exact) mass is 254 g/mol. The van der Waals surface area contributed by atoms with E-state index in [0.29, 0.717) is 12.8 Å². The fraction of sp³-hybridized carbons (Fsp3) is 0.417. The lowest BCUT2D eigenvalue weighted by Gasteiger charge is -2.15. The fourth-order valence-electron chi connectivity index (χ4n) is 1.70. The molecule has 0 aliphatic heterocycles. The van der Waals surface area contributed by atoms with E-state index in [1.807, 2.05) is 0 Å². The number of ether oxygens (including phenoxy) is 1. The predicted octanol–water partition coefficient (Wildman–Crippen LogP) is 0.671. The first-order valence-corrected chi connectivity index (χ1v) is 5.58. The molecule has 0 bridgehead atoms. The summed E-state index contributed by atoms with van der Waals surface area (Å²) >= 11 is 0. The number of amides is 1. The topological polar surface area (TPSA) is 84.6 Å². The molecule has 0 spiro atoms. The van der Waals surface area contributed by atoms with Crippen LogP contribution in [0.25, 0.3) is 0 Å². The minimum atomic E-state index is -0.709.